The molecule has 5 rings (SSSR count). The van der Waals surface area contributed by atoms with Gasteiger partial charge in [0.05, 0.1) is 22.6 Å². The average molecular weight is 528 g/mol. The molecule has 0 atom stereocenters. The molecule has 0 bridgehead atoms. The number of furan rings is 1. The number of carboxylic acid groups (broad SMARTS) is 2. The molecule has 3 aromatic rings. The number of halogens is 1. The summed E-state index contributed by atoms with van der Waals surface area (Å²) in [5.74, 6) is -1.76. The molecule has 2 N–H and O–H groups in total. The monoisotopic (exact) mass is 527 g/mol. The number of fused-ring (bicyclic) bond motifs is 1. The summed E-state index contributed by atoms with van der Waals surface area (Å²) in [7, 11) is 0. The van der Waals surface area contributed by atoms with Crippen molar-refractivity contribution in [3.8, 4) is 22.8 Å². The highest BCUT2D eigenvalue weighted by atomic mass is 35.5. The number of aromatic carboxylic acids is 2. The van der Waals surface area contributed by atoms with Gasteiger partial charge in [0.25, 0.3) is 11.1 Å². The van der Waals surface area contributed by atoms with E-state index in [0.717, 1.165) is 22.7 Å². The van der Waals surface area contributed by atoms with Crippen LogP contribution in [-0.2, 0) is 11.3 Å². The lowest BCUT2D eigenvalue weighted by atomic mass is 10.0. The Labute approximate surface area is 211 Å². The van der Waals surface area contributed by atoms with Crippen LogP contribution in [0.2, 0.25) is 5.02 Å². The number of carboxylic acids is 2. The standard InChI is InChI=1S/C24H14ClNO9S/c25-16-8-19-18(33-10-34-19)6-14(16)9-26-21(27)20(36-24(26)32)7-15-1-2-17(35-15)11-3-12(22(28)29)5-13(4-11)23(30)31/h1-8H,9-10H2,(H,28,29)(H,30,31)/b20-7+. The number of thioether (sulfide) groups is 1. The van der Waals surface area contributed by atoms with Crippen molar-refractivity contribution in [1.29, 1.82) is 0 Å². The van der Waals surface area contributed by atoms with Crippen LogP contribution >= 0.6 is 23.4 Å². The zero-order valence-corrected chi connectivity index (χ0v) is 19.6. The number of amides is 2. The highest BCUT2D eigenvalue weighted by Gasteiger charge is 2.36. The number of hydrogen-bond donors (Lipinski definition) is 2. The molecule has 2 aromatic carbocycles. The Balaban J connectivity index is 1.39. The van der Waals surface area contributed by atoms with E-state index >= 15 is 0 Å². The van der Waals surface area contributed by atoms with Gasteiger partial charge in [0, 0.05) is 22.7 Å². The maximum Gasteiger partial charge on any atom is 0.335 e. The van der Waals surface area contributed by atoms with Crippen molar-refractivity contribution >= 4 is 52.5 Å². The molecule has 2 amide bonds. The largest absolute Gasteiger partial charge is 0.478 e. The summed E-state index contributed by atoms with van der Waals surface area (Å²) in [6.07, 6.45) is 1.38. The van der Waals surface area contributed by atoms with Crippen LogP contribution in [-0.4, -0.2) is 45.0 Å². The smallest absolute Gasteiger partial charge is 0.335 e. The van der Waals surface area contributed by atoms with Crippen molar-refractivity contribution in [3.63, 3.8) is 0 Å². The fourth-order valence-corrected chi connectivity index (χ4v) is 4.65. The molecule has 10 nitrogen and oxygen atoms in total. The van der Waals surface area contributed by atoms with Crippen molar-refractivity contribution in [2.75, 3.05) is 6.79 Å². The van der Waals surface area contributed by atoms with Gasteiger partial charge >= 0.3 is 11.9 Å². The lowest BCUT2D eigenvalue weighted by Gasteiger charge is -2.14. The highest BCUT2D eigenvalue weighted by molar-refractivity contribution is 8.18. The minimum absolute atomic E-state index is 0.0583. The zero-order valence-electron chi connectivity index (χ0n) is 18.0. The van der Waals surface area contributed by atoms with Gasteiger partial charge in [-0.15, -0.1) is 0 Å². The van der Waals surface area contributed by atoms with Crippen molar-refractivity contribution in [3.05, 3.63) is 74.8 Å². The lowest BCUT2D eigenvalue weighted by molar-refractivity contribution is -0.123. The first kappa shape index (κ1) is 23.5. The quantitative estimate of drug-likeness (QED) is 0.422. The fourth-order valence-electron chi connectivity index (χ4n) is 3.62. The first-order chi connectivity index (χ1) is 17.2. The maximum absolute atomic E-state index is 12.9. The van der Waals surface area contributed by atoms with Gasteiger partial charge in [0.1, 0.15) is 11.5 Å². The van der Waals surface area contributed by atoms with E-state index in [1.165, 1.54) is 30.3 Å². The normalized spacial score (nSPS) is 15.7. The van der Waals surface area contributed by atoms with Crippen LogP contribution in [0.4, 0.5) is 4.79 Å². The number of carbonyl (C=O) groups excluding carboxylic acids is 2. The maximum atomic E-state index is 12.9. The Kier molecular flexibility index (Phi) is 5.94. The molecule has 0 unspecified atom stereocenters. The molecular weight excluding hydrogens is 514 g/mol. The molecule has 3 heterocycles. The van der Waals surface area contributed by atoms with Gasteiger partial charge in [-0.2, -0.15) is 0 Å². The van der Waals surface area contributed by atoms with Crippen LogP contribution in [0.5, 0.6) is 11.5 Å². The van der Waals surface area contributed by atoms with Gasteiger partial charge in [-0.05, 0) is 53.7 Å². The summed E-state index contributed by atoms with van der Waals surface area (Å²) >= 11 is 7.00. The summed E-state index contributed by atoms with van der Waals surface area (Å²) < 4.78 is 16.3. The van der Waals surface area contributed by atoms with Gasteiger partial charge in [0.2, 0.25) is 6.79 Å². The summed E-state index contributed by atoms with van der Waals surface area (Å²) in [4.78, 5) is 49.4. The second-order valence-corrected chi connectivity index (χ2v) is 9.08. The fraction of sp³-hybridized carbons (Fsp3) is 0.0833. The molecule has 1 saturated heterocycles. The number of hydrogen-bond acceptors (Lipinski definition) is 8. The van der Waals surface area contributed by atoms with Crippen molar-refractivity contribution in [1.82, 2.24) is 4.90 Å². The van der Waals surface area contributed by atoms with Crippen LogP contribution in [0.15, 0.2) is 51.8 Å². The van der Waals surface area contributed by atoms with Crippen LogP contribution in [0, 0.1) is 0 Å². The van der Waals surface area contributed by atoms with Gasteiger partial charge in [0.15, 0.2) is 11.5 Å². The van der Waals surface area contributed by atoms with Gasteiger partial charge in [-0.1, -0.05) is 11.6 Å². The molecule has 0 radical (unpaired) electrons. The van der Waals surface area contributed by atoms with E-state index in [2.05, 4.69) is 0 Å². The number of nitrogens with zero attached hydrogens (tertiary/aromatic N) is 1. The van der Waals surface area contributed by atoms with E-state index < -0.39 is 23.1 Å². The Bertz CT molecular complexity index is 1460. The third-order valence-electron chi connectivity index (χ3n) is 5.36. The number of ether oxygens (including phenoxy) is 2. The van der Waals surface area contributed by atoms with Crippen LogP contribution in [0.3, 0.4) is 0 Å². The summed E-state index contributed by atoms with van der Waals surface area (Å²) in [6, 6.07) is 9.81. The molecule has 182 valence electrons. The minimum atomic E-state index is -1.29. The van der Waals surface area contributed by atoms with E-state index in [0.29, 0.717) is 22.1 Å². The molecule has 2 aliphatic heterocycles. The topological polar surface area (TPSA) is 144 Å². The van der Waals surface area contributed by atoms with Crippen LogP contribution in [0.25, 0.3) is 17.4 Å². The van der Waals surface area contributed by atoms with E-state index in [4.69, 9.17) is 25.5 Å². The number of carbonyl (C=O) groups is 4. The van der Waals surface area contributed by atoms with Crippen molar-refractivity contribution in [2.24, 2.45) is 0 Å². The Morgan fingerprint density at radius 2 is 1.67 bits per heavy atom. The average Bonchev–Trinajstić information content (AvgIpc) is 3.55. The molecular formula is C24H14ClNO9S. The van der Waals surface area contributed by atoms with Crippen molar-refractivity contribution in [2.45, 2.75) is 6.54 Å². The van der Waals surface area contributed by atoms with Gasteiger partial charge in [-0.3, -0.25) is 14.5 Å². The molecule has 1 aromatic heterocycles. The third kappa shape index (κ3) is 4.41. The lowest BCUT2D eigenvalue weighted by Crippen LogP contribution is -2.27. The van der Waals surface area contributed by atoms with E-state index in [9.17, 15) is 29.4 Å². The highest BCUT2D eigenvalue weighted by Crippen LogP contribution is 2.39. The predicted molar refractivity (Wildman–Crippen MR) is 127 cm³/mol. The van der Waals surface area contributed by atoms with E-state index in [1.54, 1.807) is 12.1 Å². The van der Waals surface area contributed by atoms with Crippen molar-refractivity contribution < 1.29 is 43.3 Å². The molecule has 0 saturated carbocycles. The predicted octanol–water partition coefficient (Wildman–Crippen LogP) is 4.96. The minimum Gasteiger partial charge on any atom is -0.478 e. The van der Waals surface area contributed by atoms with E-state index in [-0.39, 0.29) is 46.5 Å². The zero-order chi connectivity index (χ0) is 25.6. The van der Waals surface area contributed by atoms with E-state index in [1.807, 2.05) is 0 Å². The Morgan fingerprint density at radius 1 is 1.00 bits per heavy atom. The van der Waals surface area contributed by atoms with Gasteiger partial charge < -0.3 is 24.1 Å². The number of imide groups is 1. The first-order valence-corrected chi connectivity index (χ1v) is 11.4. The molecule has 1 fully saturated rings. The van der Waals surface area contributed by atoms with Crippen LogP contribution in [0.1, 0.15) is 32.0 Å². The molecule has 2 aliphatic rings. The first-order valence-electron chi connectivity index (χ1n) is 10.2. The Morgan fingerprint density at radius 3 is 2.33 bits per heavy atom. The summed E-state index contributed by atoms with van der Waals surface area (Å²) in [5.41, 5.74) is 0.312. The SMILES string of the molecule is O=C(O)c1cc(C(=O)O)cc(-c2ccc(/C=C3/SC(=O)N(Cc4cc5c(cc4Cl)OCO5)C3=O)o2)c1. The molecule has 36 heavy (non-hydrogen) atoms. The molecule has 12 heteroatoms. The van der Waals surface area contributed by atoms with Crippen LogP contribution < -0.4 is 9.47 Å². The third-order valence-corrected chi connectivity index (χ3v) is 6.61. The second kappa shape index (κ2) is 9.10. The van der Waals surface area contributed by atoms with Gasteiger partial charge in [-0.25, -0.2) is 9.59 Å². The molecule has 0 spiro atoms. The molecule has 0 aliphatic carbocycles. The second-order valence-electron chi connectivity index (χ2n) is 7.68. The number of benzene rings is 2. The number of rotatable bonds is 6. The summed E-state index contributed by atoms with van der Waals surface area (Å²) in [6.45, 7) is -0.0103. The summed E-state index contributed by atoms with van der Waals surface area (Å²) in [5, 5.41) is 18.4. The Hall–Kier alpha value is -4.22.